The number of hydrogen-bond donors (Lipinski definition) is 2. The van der Waals surface area contributed by atoms with E-state index in [1.54, 1.807) is 0 Å². The quantitative estimate of drug-likeness (QED) is 0.829. The van der Waals surface area contributed by atoms with Crippen molar-refractivity contribution in [1.29, 1.82) is 0 Å². The summed E-state index contributed by atoms with van der Waals surface area (Å²) in [6.45, 7) is 4.56. The number of rotatable bonds is 5. The van der Waals surface area contributed by atoms with E-state index in [2.05, 4.69) is 16.6 Å². The molecule has 0 unspecified atom stereocenters. The SMILES string of the molecule is C[C@H]1CCc2c(ccc(-c3cnn(C4CC4)c3)c2OCC2CNC2)N1C(=O)O. The minimum absolute atomic E-state index is 0.0304. The smallest absolute Gasteiger partial charge is 0.412 e. The lowest BCUT2D eigenvalue weighted by Gasteiger charge is -2.35. The summed E-state index contributed by atoms with van der Waals surface area (Å²) in [5.74, 6) is 1.34. The molecule has 28 heavy (non-hydrogen) atoms. The molecule has 2 fully saturated rings. The Balaban J connectivity index is 1.56. The van der Waals surface area contributed by atoms with Crippen molar-refractivity contribution in [3.63, 3.8) is 0 Å². The Hall–Kier alpha value is -2.54. The van der Waals surface area contributed by atoms with E-state index < -0.39 is 6.09 Å². The molecule has 1 aliphatic carbocycles. The minimum Gasteiger partial charge on any atom is -0.492 e. The second-order valence-corrected chi connectivity index (χ2v) is 8.26. The van der Waals surface area contributed by atoms with Crippen LogP contribution in [0.5, 0.6) is 5.75 Å². The van der Waals surface area contributed by atoms with Gasteiger partial charge in [-0.15, -0.1) is 0 Å². The highest BCUT2D eigenvalue weighted by atomic mass is 16.5. The molecule has 1 saturated heterocycles. The van der Waals surface area contributed by atoms with Crippen LogP contribution in [0.15, 0.2) is 24.5 Å². The van der Waals surface area contributed by atoms with Crippen molar-refractivity contribution in [3.05, 3.63) is 30.1 Å². The lowest BCUT2D eigenvalue weighted by atomic mass is 9.92. The summed E-state index contributed by atoms with van der Waals surface area (Å²) in [4.78, 5) is 13.3. The highest BCUT2D eigenvalue weighted by Gasteiger charge is 2.32. The highest BCUT2D eigenvalue weighted by molar-refractivity contribution is 5.91. The summed E-state index contributed by atoms with van der Waals surface area (Å²) in [5.41, 5.74) is 3.81. The van der Waals surface area contributed by atoms with Crippen LogP contribution in [0.3, 0.4) is 0 Å². The zero-order chi connectivity index (χ0) is 19.3. The molecule has 2 aromatic rings. The number of fused-ring (bicyclic) bond motifs is 1. The van der Waals surface area contributed by atoms with Crippen LogP contribution in [0.2, 0.25) is 0 Å². The lowest BCUT2D eigenvalue weighted by molar-refractivity contribution is 0.195. The summed E-state index contributed by atoms with van der Waals surface area (Å²) in [5, 5.41) is 17.5. The van der Waals surface area contributed by atoms with Crippen LogP contribution < -0.4 is 15.0 Å². The second kappa shape index (κ2) is 6.81. The van der Waals surface area contributed by atoms with Crippen molar-refractivity contribution in [2.75, 3.05) is 24.6 Å². The molecule has 7 nitrogen and oxygen atoms in total. The number of nitrogens with one attached hydrogen (secondary N) is 1. The monoisotopic (exact) mass is 382 g/mol. The van der Waals surface area contributed by atoms with E-state index in [1.807, 2.05) is 29.9 Å². The van der Waals surface area contributed by atoms with E-state index in [9.17, 15) is 9.90 Å². The van der Waals surface area contributed by atoms with Crippen molar-refractivity contribution in [2.45, 2.75) is 44.7 Å². The molecule has 5 rings (SSSR count). The van der Waals surface area contributed by atoms with Crippen molar-refractivity contribution in [1.82, 2.24) is 15.1 Å². The average Bonchev–Trinajstić information content (AvgIpc) is 3.37. The minimum atomic E-state index is -0.906. The number of anilines is 1. The fourth-order valence-corrected chi connectivity index (χ4v) is 4.17. The maximum atomic E-state index is 11.9. The van der Waals surface area contributed by atoms with Crippen LogP contribution >= 0.6 is 0 Å². The third-order valence-corrected chi connectivity index (χ3v) is 6.12. The predicted octanol–water partition coefficient (Wildman–Crippen LogP) is 3.30. The number of carboxylic acid groups (broad SMARTS) is 1. The van der Waals surface area contributed by atoms with Gasteiger partial charge in [0.05, 0.1) is 24.5 Å². The standard InChI is InChI=1S/C21H26N4O3/c1-13-2-5-18-19(25(13)21(26)27)7-6-17(20(18)28-12-14-8-22-9-14)15-10-23-24(11-15)16-3-4-16/h6-7,10-11,13-14,16,22H,2-5,8-9,12H2,1H3,(H,26,27)/t13-/m0/s1. The molecule has 2 N–H and O–H groups in total. The van der Waals surface area contributed by atoms with Gasteiger partial charge in [0, 0.05) is 47.9 Å². The fraction of sp³-hybridized carbons (Fsp3) is 0.524. The predicted molar refractivity (Wildman–Crippen MR) is 106 cm³/mol. The van der Waals surface area contributed by atoms with Crippen molar-refractivity contribution in [2.24, 2.45) is 5.92 Å². The van der Waals surface area contributed by atoms with Crippen molar-refractivity contribution >= 4 is 11.8 Å². The second-order valence-electron chi connectivity index (χ2n) is 8.26. The van der Waals surface area contributed by atoms with E-state index >= 15 is 0 Å². The lowest BCUT2D eigenvalue weighted by Crippen LogP contribution is -2.45. The third kappa shape index (κ3) is 3.03. The number of nitrogens with zero attached hydrogens (tertiary/aromatic N) is 3. The summed E-state index contributed by atoms with van der Waals surface area (Å²) >= 11 is 0. The first-order valence-electron chi connectivity index (χ1n) is 10.2. The number of amides is 1. The van der Waals surface area contributed by atoms with Gasteiger partial charge < -0.3 is 15.2 Å². The van der Waals surface area contributed by atoms with Gasteiger partial charge in [-0.05, 0) is 44.7 Å². The van der Waals surface area contributed by atoms with E-state index in [-0.39, 0.29) is 6.04 Å². The Labute approximate surface area is 164 Å². The number of aromatic nitrogens is 2. The fourth-order valence-electron chi connectivity index (χ4n) is 4.17. The van der Waals surface area contributed by atoms with Gasteiger partial charge in [0.15, 0.2) is 0 Å². The first-order valence-corrected chi connectivity index (χ1v) is 10.2. The Morgan fingerprint density at radius 1 is 1.32 bits per heavy atom. The van der Waals surface area contributed by atoms with Gasteiger partial charge in [-0.25, -0.2) is 4.79 Å². The molecular weight excluding hydrogens is 356 g/mol. The first-order chi connectivity index (χ1) is 13.6. The number of benzene rings is 1. The van der Waals surface area contributed by atoms with Gasteiger partial charge in [-0.1, -0.05) is 0 Å². The Bertz CT molecular complexity index is 901. The maximum Gasteiger partial charge on any atom is 0.412 e. The molecule has 1 saturated carbocycles. The highest BCUT2D eigenvalue weighted by Crippen LogP contribution is 2.44. The summed E-state index contributed by atoms with van der Waals surface area (Å²) in [6, 6.07) is 4.42. The number of ether oxygens (including phenoxy) is 1. The largest absolute Gasteiger partial charge is 0.492 e. The number of carbonyl (C=O) groups is 1. The third-order valence-electron chi connectivity index (χ3n) is 6.12. The van der Waals surface area contributed by atoms with Crippen molar-refractivity contribution < 1.29 is 14.6 Å². The zero-order valence-corrected chi connectivity index (χ0v) is 16.1. The van der Waals surface area contributed by atoms with Crippen LogP contribution in [0.1, 0.15) is 37.8 Å². The molecule has 7 heteroatoms. The van der Waals surface area contributed by atoms with Crippen molar-refractivity contribution in [3.8, 4) is 16.9 Å². The summed E-state index contributed by atoms with van der Waals surface area (Å²) in [6.07, 6.45) is 7.09. The zero-order valence-electron chi connectivity index (χ0n) is 16.1. The molecule has 1 amide bonds. The van der Waals surface area contributed by atoms with E-state index in [1.165, 1.54) is 17.7 Å². The van der Waals surface area contributed by atoms with Gasteiger partial charge in [-0.3, -0.25) is 9.58 Å². The molecule has 0 spiro atoms. The first kappa shape index (κ1) is 17.6. The van der Waals surface area contributed by atoms with Crippen LogP contribution in [0, 0.1) is 5.92 Å². The van der Waals surface area contributed by atoms with Crippen LogP contribution in [-0.4, -0.2) is 46.7 Å². The Morgan fingerprint density at radius 2 is 2.14 bits per heavy atom. The molecule has 1 atom stereocenters. The Kier molecular flexibility index (Phi) is 4.27. The van der Waals surface area contributed by atoms with Gasteiger partial charge in [0.2, 0.25) is 0 Å². The Morgan fingerprint density at radius 3 is 2.82 bits per heavy atom. The van der Waals surface area contributed by atoms with Gasteiger partial charge >= 0.3 is 6.09 Å². The van der Waals surface area contributed by atoms with E-state index in [0.29, 0.717) is 18.6 Å². The molecule has 1 aromatic heterocycles. The summed E-state index contributed by atoms with van der Waals surface area (Å²) in [7, 11) is 0. The summed E-state index contributed by atoms with van der Waals surface area (Å²) < 4.78 is 8.39. The van der Waals surface area contributed by atoms with Gasteiger partial charge in [-0.2, -0.15) is 5.10 Å². The molecule has 3 heterocycles. The molecule has 2 aliphatic heterocycles. The van der Waals surface area contributed by atoms with E-state index in [4.69, 9.17) is 4.74 Å². The maximum absolute atomic E-state index is 11.9. The molecule has 148 valence electrons. The molecule has 0 bridgehead atoms. The molecule has 1 aromatic carbocycles. The van der Waals surface area contributed by atoms with Crippen LogP contribution in [-0.2, 0) is 6.42 Å². The van der Waals surface area contributed by atoms with Crippen LogP contribution in [0.25, 0.3) is 11.1 Å². The topological polar surface area (TPSA) is 79.6 Å². The normalized spacial score (nSPS) is 21.9. The van der Waals surface area contributed by atoms with Gasteiger partial charge in [0.25, 0.3) is 0 Å². The van der Waals surface area contributed by atoms with Gasteiger partial charge in [0.1, 0.15) is 5.75 Å². The number of hydrogen-bond acceptors (Lipinski definition) is 4. The van der Waals surface area contributed by atoms with Crippen LogP contribution in [0.4, 0.5) is 10.5 Å². The average molecular weight is 382 g/mol. The molecule has 0 radical (unpaired) electrons. The molecule has 3 aliphatic rings. The molecular formula is C21H26N4O3. The van der Waals surface area contributed by atoms with E-state index in [0.717, 1.165) is 54.1 Å².